The van der Waals surface area contributed by atoms with Crippen LogP contribution in [0.4, 0.5) is 0 Å². The van der Waals surface area contributed by atoms with E-state index in [0.29, 0.717) is 51.4 Å². The summed E-state index contributed by atoms with van der Waals surface area (Å²) in [7, 11) is 1.61. The van der Waals surface area contributed by atoms with Crippen LogP contribution in [0.25, 0.3) is 0 Å². The Balaban J connectivity index is 0.00000101. The van der Waals surface area contributed by atoms with Gasteiger partial charge in [0.1, 0.15) is 5.54 Å². The van der Waals surface area contributed by atoms with Crippen molar-refractivity contribution in [3.8, 4) is 0 Å². The van der Waals surface area contributed by atoms with Crippen LogP contribution < -0.4 is 5.32 Å². The molecule has 2 aliphatic heterocycles. The number of piperidine rings is 1. The highest BCUT2D eigenvalue weighted by Crippen LogP contribution is 2.31. The molecule has 3 heterocycles. The standard InChI is InChI=1S/C19H30N4O4.CH2O2/c1-26-14-8-20-18(25)19(23-9-2-7-21-23)5-10-22(11-6-19)17(24)15-16-3-12-27-13-4-16;2-1-3/h2,7,9,16H,3-6,8,10-15H2,1H3,(H,20,25);1H,(H,2,3). The number of nitrogens with one attached hydrogen (secondary N) is 1. The second kappa shape index (κ2) is 12.3. The van der Waals surface area contributed by atoms with Gasteiger partial charge in [0, 0.05) is 58.8 Å². The number of carbonyl (C=O) groups excluding carboxylic acids is 2. The molecule has 10 nitrogen and oxygen atoms in total. The maximum Gasteiger partial charge on any atom is 0.290 e. The number of methoxy groups -OCH3 is 1. The molecule has 0 saturated carbocycles. The van der Waals surface area contributed by atoms with Crippen LogP contribution in [0.1, 0.15) is 32.1 Å². The topological polar surface area (TPSA) is 123 Å². The smallest absolute Gasteiger partial charge is 0.290 e. The summed E-state index contributed by atoms with van der Waals surface area (Å²) in [6, 6.07) is 1.83. The van der Waals surface area contributed by atoms with E-state index in [-0.39, 0.29) is 18.3 Å². The average molecular weight is 424 g/mol. The Kier molecular flexibility index (Phi) is 9.75. The number of amides is 2. The normalized spacial score (nSPS) is 18.8. The molecule has 3 rings (SSSR count). The van der Waals surface area contributed by atoms with E-state index >= 15 is 0 Å². The summed E-state index contributed by atoms with van der Waals surface area (Å²) in [5.74, 6) is 0.553. The molecular formula is C20H32N4O6. The van der Waals surface area contributed by atoms with Crippen molar-refractivity contribution in [2.45, 2.75) is 37.6 Å². The fraction of sp³-hybridized carbons (Fsp3) is 0.700. The fourth-order valence-corrected chi connectivity index (χ4v) is 3.97. The van der Waals surface area contributed by atoms with Gasteiger partial charge in [-0.2, -0.15) is 5.10 Å². The molecule has 30 heavy (non-hydrogen) atoms. The van der Waals surface area contributed by atoms with Crippen LogP contribution >= 0.6 is 0 Å². The van der Waals surface area contributed by atoms with Crippen molar-refractivity contribution in [1.29, 1.82) is 0 Å². The van der Waals surface area contributed by atoms with Gasteiger partial charge in [-0.1, -0.05) is 0 Å². The number of rotatable bonds is 7. The van der Waals surface area contributed by atoms with Crippen LogP contribution in [-0.4, -0.2) is 84.6 Å². The molecule has 1 aromatic heterocycles. The highest BCUT2D eigenvalue weighted by atomic mass is 16.5. The summed E-state index contributed by atoms with van der Waals surface area (Å²) < 4.78 is 12.1. The predicted octanol–water partition coefficient (Wildman–Crippen LogP) is 0.481. The van der Waals surface area contributed by atoms with Crippen molar-refractivity contribution >= 4 is 18.3 Å². The van der Waals surface area contributed by atoms with E-state index < -0.39 is 5.54 Å². The van der Waals surface area contributed by atoms with Gasteiger partial charge in [0.2, 0.25) is 11.8 Å². The number of hydrogen-bond donors (Lipinski definition) is 2. The van der Waals surface area contributed by atoms with E-state index in [0.717, 1.165) is 26.1 Å². The highest BCUT2D eigenvalue weighted by Gasteiger charge is 2.44. The number of nitrogens with zero attached hydrogens (tertiary/aromatic N) is 3. The second-order valence-electron chi connectivity index (χ2n) is 7.48. The van der Waals surface area contributed by atoms with Crippen molar-refractivity contribution in [3.63, 3.8) is 0 Å². The molecule has 0 spiro atoms. The Morgan fingerprint density at radius 2 is 2.00 bits per heavy atom. The summed E-state index contributed by atoms with van der Waals surface area (Å²) >= 11 is 0. The molecule has 2 saturated heterocycles. The van der Waals surface area contributed by atoms with Gasteiger partial charge in [-0.25, -0.2) is 0 Å². The Bertz CT molecular complexity index is 652. The first-order chi connectivity index (χ1) is 14.6. The molecule has 0 aliphatic carbocycles. The Morgan fingerprint density at radius 3 is 2.57 bits per heavy atom. The van der Waals surface area contributed by atoms with E-state index in [4.69, 9.17) is 19.4 Å². The van der Waals surface area contributed by atoms with Crippen LogP contribution in [-0.2, 0) is 29.4 Å². The van der Waals surface area contributed by atoms with Gasteiger partial charge in [-0.3, -0.25) is 19.1 Å². The minimum atomic E-state index is -0.743. The van der Waals surface area contributed by atoms with Crippen LogP contribution in [0.2, 0.25) is 0 Å². The van der Waals surface area contributed by atoms with Crippen LogP contribution in [0.15, 0.2) is 18.5 Å². The lowest BCUT2D eigenvalue weighted by molar-refractivity contribution is -0.141. The zero-order valence-electron chi connectivity index (χ0n) is 17.5. The SMILES string of the molecule is COCCNC(=O)C1(n2cccn2)CCN(C(=O)CC2CCOCC2)CC1.O=CO. The minimum absolute atomic E-state index is 0.0558. The molecule has 168 valence electrons. The van der Waals surface area contributed by atoms with Gasteiger partial charge in [0.15, 0.2) is 0 Å². The monoisotopic (exact) mass is 424 g/mol. The lowest BCUT2D eigenvalue weighted by Crippen LogP contribution is -2.56. The number of likely N-dealkylation sites (tertiary alicyclic amines) is 1. The van der Waals surface area contributed by atoms with E-state index in [1.807, 2.05) is 17.2 Å². The molecule has 0 radical (unpaired) electrons. The number of carboxylic acid groups (broad SMARTS) is 1. The molecule has 0 atom stereocenters. The van der Waals surface area contributed by atoms with E-state index in [1.54, 1.807) is 18.0 Å². The first kappa shape index (κ1) is 23.8. The van der Waals surface area contributed by atoms with Crippen LogP contribution in [0.5, 0.6) is 0 Å². The van der Waals surface area contributed by atoms with Crippen LogP contribution in [0, 0.1) is 5.92 Å². The fourth-order valence-electron chi connectivity index (χ4n) is 3.97. The first-order valence-corrected chi connectivity index (χ1v) is 10.3. The van der Waals surface area contributed by atoms with E-state index in [2.05, 4.69) is 10.4 Å². The third-order valence-electron chi connectivity index (χ3n) is 5.70. The van der Waals surface area contributed by atoms with Gasteiger partial charge in [0.05, 0.1) is 6.61 Å². The first-order valence-electron chi connectivity index (χ1n) is 10.3. The lowest BCUT2D eigenvalue weighted by atomic mass is 9.86. The molecule has 2 amide bonds. The summed E-state index contributed by atoms with van der Waals surface area (Å²) in [6.45, 7) is 3.32. The predicted molar refractivity (Wildman–Crippen MR) is 108 cm³/mol. The molecule has 2 aliphatic rings. The Morgan fingerprint density at radius 1 is 1.33 bits per heavy atom. The maximum absolute atomic E-state index is 12.9. The number of carbonyl (C=O) groups is 3. The lowest BCUT2D eigenvalue weighted by Gasteiger charge is -2.41. The van der Waals surface area contributed by atoms with E-state index in [9.17, 15) is 9.59 Å². The van der Waals surface area contributed by atoms with Gasteiger partial charge >= 0.3 is 0 Å². The van der Waals surface area contributed by atoms with Crippen molar-refractivity contribution in [2.75, 3.05) is 46.6 Å². The summed E-state index contributed by atoms with van der Waals surface area (Å²) in [5, 5.41) is 14.2. The Hall–Kier alpha value is -2.46. The van der Waals surface area contributed by atoms with Crippen LogP contribution in [0.3, 0.4) is 0 Å². The summed E-state index contributed by atoms with van der Waals surface area (Å²) in [6.07, 6.45) is 7.14. The highest BCUT2D eigenvalue weighted by molar-refractivity contribution is 5.85. The van der Waals surface area contributed by atoms with Gasteiger partial charge in [-0.15, -0.1) is 0 Å². The zero-order valence-corrected chi connectivity index (χ0v) is 17.5. The zero-order chi connectivity index (χ0) is 21.8. The van der Waals surface area contributed by atoms with Crippen molar-refractivity contribution < 1.29 is 29.0 Å². The molecule has 0 aromatic carbocycles. The molecular weight excluding hydrogens is 392 g/mol. The van der Waals surface area contributed by atoms with Gasteiger partial charge in [0.25, 0.3) is 6.47 Å². The molecule has 2 N–H and O–H groups in total. The molecule has 0 bridgehead atoms. The van der Waals surface area contributed by atoms with Crippen molar-refractivity contribution in [3.05, 3.63) is 18.5 Å². The molecule has 0 unspecified atom stereocenters. The number of ether oxygens (including phenoxy) is 2. The van der Waals surface area contributed by atoms with Crippen molar-refractivity contribution in [1.82, 2.24) is 20.0 Å². The molecule has 10 heteroatoms. The number of hydrogen-bond acceptors (Lipinski definition) is 6. The molecule has 1 aromatic rings. The van der Waals surface area contributed by atoms with Gasteiger partial charge in [-0.05, 0) is 37.7 Å². The second-order valence-corrected chi connectivity index (χ2v) is 7.48. The van der Waals surface area contributed by atoms with E-state index in [1.165, 1.54) is 0 Å². The number of aromatic nitrogens is 2. The minimum Gasteiger partial charge on any atom is -0.483 e. The van der Waals surface area contributed by atoms with Crippen molar-refractivity contribution in [2.24, 2.45) is 5.92 Å². The maximum atomic E-state index is 12.9. The summed E-state index contributed by atoms with van der Waals surface area (Å²) in [5.41, 5.74) is -0.743. The average Bonchev–Trinajstić information content (AvgIpc) is 3.30. The summed E-state index contributed by atoms with van der Waals surface area (Å²) in [4.78, 5) is 35.9. The van der Waals surface area contributed by atoms with Gasteiger partial charge < -0.3 is 24.8 Å². The quantitative estimate of drug-likeness (QED) is 0.482. The third kappa shape index (κ3) is 6.27. The third-order valence-corrected chi connectivity index (χ3v) is 5.70. The Labute approximate surface area is 176 Å². The molecule has 2 fully saturated rings. The largest absolute Gasteiger partial charge is 0.483 e.